The molecule has 0 saturated heterocycles. The molecular weight excluding hydrogens is 407 g/mol. The minimum Gasteiger partial charge on any atom is -0.406 e. The summed E-state index contributed by atoms with van der Waals surface area (Å²) >= 11 is 6.17. The van der Waals surface area contributed by atoms with Crippen LogP contribution >= 0.6 is 11.6 Å². The number of halogens is 4. The molecule has 29 heavy (non-hydrogen) atoms. The van der Waals surface area contributed by atoms with E-state index in [1.54, 1.807) is 43.6 Å². The molecule has 5 nitrogen and oxygen atoms in total. The molecular formula is C20H15ClF3N3O2. The van der Waals surface area contributed by atoms with Gasteiger partial charge in [-0.15, -0.1) is 13.2 Å². The molecule has 0 fully saturated rings. The molecule has 0 aliphatic rings. The molecule has 0 aliphatic heterocycles. The summed E-state index contributed by atoms with van der Waals surface area (Å²) in [5.41, 5.74) is 2.52. The standard InChI is InChI=1S/C20H15ClF3N3O2/c1-25-17-11-12(18-16(21)3-2-10-26-18)4-9-15(17)19(28)27-13-5-7-14(8-6-13)29-20(22,23)24/h2-11,25H,1H3,(H,27,28). The summed E-state index contributed by atoms with van der Waals surface area (Å²) in [6.45, 7) is 0. The van der Waals surface area contributed by atoms with E-state index in [9.17, 15) is 18.0 Å². The zero-order chi connectivity index (χ0) is 21.0. The van der Waals surface area contributed by atoms with Crippen molar-refractivity contribution in [2.45, 2.75) is 6.36 Å². The molecule has 0 aliphatic carbocycles. The van der Waals surface area contributed by atoms with Gasteiger partial charge in [0, 0.05) is 30.2 Å². The van der Waals surface area contributed by atoms with E-state index in [2.05, 4.69) is 20.4 Å². The number of nitrogens with one attached hydrogen (secondary N) is 2. The van der Waals surface area contributed by atoms with Crippen LogP contribution in [0, 0.1) is 0 Å². The van der Waals surface area contributed by atoms with Gasteiger partial charge in [-0.05, 0) is 48.5 Å². The van der Waals surface area contributed by atoms with E-state index in [1.165, 1.54) is 12.1 Å². The number of hydrogen-bond donors (Lipinski definition) is 2. The summed E-state index contributed by atoms with van der Waals surface area (Å²) in [4.78, 5) is 16.9. The highest BCUT2D eigenvalue weighted by molar-refractivity contribution is 6.33. The van der Waals surface area contributed by atoms with Crippen LogP contribution in [0.5, 0.6) is 5.75 Å². The first-order valence-electron chi connectivity index (χ1n) is 8.36. The highest BCUT2D eigenvalue weighted by Crippen LogP contribution is 2.30. The maximum Gasteiger partial charge on any atom is 0.573 e. The molecule has 1 heterocycles. The molecule has 1 aromatic heterocycles. The van der Waals surface area contributed by atoms with Gasteiger partial charge < -0.3 is 15.4 Å². The maximum atomic E-state index is 12.6. The minimum atomic E-state index is -4.77. The van der Waals surface area contributed by atoms with Gasteiger partial charge in [0.15, 0.2) is 0 Å². The number of ether oxygens (including phenoxy) is 1. The summed E-state index contributed by atoms with van der Waals surface area (Å²) in [6.07, 6.45) is -3.16. The zero-order valence-corrected chi connectivity index (χ0v) is 15.8. The fourth-order valence-electron chi connectivity index (χ4n) is 2.63. The number of amides is 1. The van der Waals surface area contributed by atoms with Gasteiger partial charge in [-0.1, -0.05) is 17.7 Å². The van der Waals surface area contributed by atoms with E-state index in [4.69, 9.17) is 11.6 Å². The monoisotopic (exact) mass is 421 g/mol. The number of rotatable bonds is 5. The predicted octanol–water partition coefficient (Wildman–Crippen LogP) is 5.59. The Bertz CT molecular complexity index is 1020. The van der Waals surface area contributed by atoms with E-state index in [1.807, 2.05) is 0 Å². The summed E-state index contributed by atoms with van der Waals surface area (Å²) in [6, 6.07) is 13.4. The Morgan fingerprint density at radius 1 is 1.10 bits per heavy atom. The highest BCUT2D eigenvalue weighted by Gasteiger charge is 2.31. The number of anilines is 2. The average Bonchev–Trinajstić information content (AvgIpc) is 2.68. The van der Waals surface area contributed by atoms with Gasteiger partial charge in [-0.3, -0.25) is 9.78 Å². The lowest BCUT2D eigenvalue weighted by molar-refractivity contribution is -0.274. The largest absolute Gasteiger partial charge is 0.573 e. The SMILES string of the molecule is CNc1cc(-c2ncccc2Cl)ccc1C(=O)Nc1ccc(OC(F)(F)F)cc1. The molecule has 0 spiro atoms. The quantitative estimate of drug-likeness (QED) is 0.563. The molecule has 150 valence electrons. The zero-order valence-electron chi connectivity index (χ0n) is 15.0. The maximum absolute atomic E-state index is 12.6. The summed E-state index contributed by atoms with van der Waals surface area (Å²) in [5.74, 6) is -0.805. The molecule has 2 aromatic carbocycles. The molecule has 9 heteroatoms. The van der Waals surface area contributed by atoms with Crippen LogP contribution in [0.2, 0.25) is 5.02 Å². The normalized spacial score (nSPS) is 11.1. The van der Waals surface area contributed by atoms with E-state index in [-0.39, 0.29) is 5.75 Å². The summed E-state index contributed by atoms with van der Waals surface area (Å²) in [7, 11) is 1.67. The number of aromatic nitrogens is 1. The highest BCUT2D eigenvalue weighted by atomic mass is 35.5. The van der Waals surface area contributed by atoms with Gasteiger partial charge in [-0.25, -0.2) is 0 Å². The van der Waals surface area contributed by atoms with E-state index < -0.39 is 12.3 Å². The Hall–Kier alpha value is -3.26. The third-order valence-corrected chi connectivity index (χ3v) is 4.22. The smallest absolute Gasteiger partial charge is 0.406 e. The third-order valence-electron chi connectivity index (χ3n) is 3.91. The predicted molar refractivity (Wildman–Crippen MR) is 105 cm³/mol. The van der Waals surface area contributed by atoms with Gasteiger partial charge in [0.05, 0.1) is 16.3 Å². The van der Waals surface area contributed by atoms with Crippen LogP contribution in [0.4, 0.5) is 24.5 Å². The van der Waals surface area contributed by atoms with Crippen LogP contribution in [0.25, 0.3) is 11.3 Å². The first-order valence-corrected chi connectivity index (χ1v) is 8.74. The molecule has 0 radical (unpaired) electrons. The lowest BCUT2D eigenvalue weighted by Crippen LogP contribution is -2.17. The molecule has 3 rings (SSSR count). The molecule has 0 unspecified atom stereocenters. The van der Waals surface area contributed by atoms with Crippen molar-refractivity contribution < 1.29 is 22.7 Å². The van der Waals surface area contributed by atoms with Crippen LogP contribution in [0.1, 0.15) is 10.4 Å². The summed E-state index contributed by atoms with van der Waals surface area (Å²) < 4.78 is 40.5. The fourth-order valence-corrected chi connectivity index (χ4v) is 2.86. The van der Waals surface area contributed by atoms with Crippen molar-refractivity contribution in [2.75, 3.05) is 17.7 Å². The first kappa shape index (κ1) is 20.5. The van der Waals surface area contributed by atoms with Crippen molar-refractivity contribution in [1.82, 2.24) is 4.98 Å². The second-order valence-corrected chi connectivity index (χ2v) is 6.28. The minimum absolute atomic E-state index is 0.323. The second kappa shape index (κ2) is 8.40. The number of pyridine rings is 1. The Morgan fingerprint density at radius 2 is 1.83 bits per heavy atom. The molecule has 0 saturated carbocycles. The molecule has 2 N–H and O–H groups in total. The van der Waals surface area contributed by atoms with Crippen molar-refractivity contribution in [2.24, 2.45) is 0 Å². The van der Waals surface area contributed by atoms with Gasteiger partial charge in [0.2, 0.25) is 0 Å². The number of hydrogen-bond acceptors (Lipinski definition) is 4. The van der Waals surface area contributed by atoms with Crippen LogP contribution in [0.3, 0.4) is 0 Å². The molecule has 3 aromatic rings. The van der Waals surface area contributed by atoms with Gasteiger partial charge >= 0.3 is 6.36 Å². The van der Waals surface area contributed by atoms with Crippen molar-refractivity contribution in [1.29, 1.82) is 0 Å². The van der Waals surface area contributed by atoms with Gasteiger partial charge in [-0.2, -0.15) is 0 Å². The van der Waals surface area contributed by atoms with Gasteiger partial charge in [0.1, 0.15) is 5.75 Å². The molecule has 0 bridgehead atoms. The average molecular weight is 422 g/mol. The van der Waals surface area contributed by atoms with Crippen molar-refractivity contribution in [3.63, 3.8) is 0 Å². The van der Waals surface area contributed by atoms with Crippen LogP contribution in [-0.4, -0.2) is 24.3 Å². The van der Waals surface area contributed by atoms with E-state index in [0.717, 1.165) is 17.7 Å². The first-order chi connectivity index (χ1) is 13.8. The number of carbonyl (C=O) groups excluding carboxylic acids is 1. The Labute approximate surface area is 169 Å². The van der Waals surface area contributed by atoms with Crippen LogP contribution in [0.15, 0.2) is 60.8 Å². The topological polar surface area (TPSA) is 63.2 Å². The second-order valence-electron chi connectivity index (χ2n) is 5.87. The molecule has 0 atom stereocenters. The van der Waals surface area contributed by atoms with E-state index >= 15 is 0 Å². The Balaban J connectivity index is 1.79. The number of nitrogens with zero attached hydrogens (tertiary/aromatic N) is 1. The lowest BCUT2D eigenvalue weighted by Gasteiger charge is -2.13. The number of benzene rings is 2. The number of alkyl halides is 3. The Morgan fingerprint density at radius 3 is 2.45 bits per heavy atom. The van der Waals surface area contributed by atoms with Crippen molar-refractivity contribution in [3.05, 3.63) is 71.4 Å². The van der Waals surface area contributed by atoms with Crippen molar-refractivity contribution >= 4 is 28.9 Å². The van der Waals surface area contributed by atoms with Crippen LogP contribution < -0.4 is 15.4 Å². The molecule has 1 amide bonds. The summed E-state index contributed by atoms with van der Waals surface area (Å²) in [5, 5.41) is 6.07. The van der Waals surface area contributed by atoms with E-state index in [0.29, 0.717) is 27.7 Å². The third kappa shape index (κ3) is 5.17. The Kier molecular flexibility index (Phi) is 5.93. The number of carbonyl (C=O) groups is 1. The van der Waals surface area contributed by atoms with Crippen molar-refractivity contribution in [3.8, 4) is 17.0 Å². The lowest BCUT2D eigenvalue weighted by atomic mass is 10.1. The fraction of sp³-hybridized carbons (Fsp3) is 0.100. The van der Waals surface area contributed by atoms with Crippen LogP contribution in [-0.2, 0) is 0 Å². The van der Waals surface area contributed by atoms with Gasteiger partial charge in [0.25, 0.3) is 5.91 Å².